The van der Waals surface area contributed by atoms with Gasteiger partial charge in [-0.2, -0.15) is 0 Å². The zero-order chi connectivity index (χ0) is 16.5. The van der Waals surface area contributed by atoms with Gasteiger partial charge in [-0.1, -0.05) is 27.7 Å². The Balaban J connectivity index is 4.13. The van der Waals surface area contributed by atoms with E-state index in [1.54, 1.807) is 7.11 Å². The van der Waals surface area contributed by atoms with E-state index in [-0.39, 0.29) is 29.6 Å². The lowest BCUT2D eigenvalue weighted by Gasteiger charge is -2.30. The molecule has 0 aromatic rings. The molecule has 21 heavy (non-hydrogen) atoms. The molecule has 0 saturated carbocycles. The first kappa shape index (κ1) is 19.9. The smallest absolute Gasteiger partial charge is 0.303 e. The van der Waals surface area contributed by atoms with Crippen molar-refractivity contribution in [2.24, 2.45) is 17.3 Å². The standard InChI is InChI=1S/C16H31NO4/c1-12(11-21-5)10-14(18)17-9-8-13(16(2,3)4)6-7-15(19)20/h12-13H,6-11H2,1-5H3,(H,17,18)(H,19,20). The summed E-state index contributed by atoms with van der Waals surface area (Å²) in [7, 11) is 1.63. The lowest BCUT2D eigenvalue weighted by atomic mass is 9.76. The Morgan fingerprint density at radius 1 is 1.24 bits per heavy atom. The highest BCUT2D eigenvalue weighted by atomic mass is 16.5. The third-order valence-corrected chi connectivity index (χ3v) is 3.73. The van der Waals surface area contributed by atoms with E-state index in [9.17, 15) is 9.59 Å². The van der Waals surface area contributed by atoms with Crippen molar-refractivity contribution in [1.29, 1.82) is 0 Å². The van der Waals surface area contributed by atoms with Crippen LogP contribution in [0.15, 0.2) is 0 Å². The van der Waals surface area contributed by atoms with Gasteiger partial charge in [0.2, 0.25) is 5.91 Å². The summed E-state index contributed by atoms with van der Waals surface area (Å²) in [4.78, 5) is 22.5. The molecule has 0 aliphatic heterocycles. The fourth-order valence-electron chi connectivity index (χ4n) is 2.43. The number of aliphatic carboxylic acids is 1. The number of rotatable bonds is 10. The molecule has 0 bridgehead atoms. The van der Waals surface area contributed by atoms with Crippen LogP contribution in [0.2, 0.25) is 0 Å². The minimum absolute atomic E-state index is 0.0328. The normalized spacial score (nSPS) is 14.5. The van der Waals surface area contributed by atoms with Gasteiger partial charge in [0, 0.05) is 33.1 Å². The molecule has 0 radical (unpaired) electrons. The maximum Gasteiger partial charge on any atom is 0.303 e. The largest absolute Gasteiger partial charge is 0.481 e. The molecule has 2 atom stereocenters. The van der Waals surface area contributed by atoms with Crippen molar-refractivity contribution < 1.29 is 19.4 Å². The maximum atomic E-state index is 11.8. The Kier molecular flexibility index (Phi) is 9.26. The number of carboxylic acid groups (broad SMARTS) is 1. The molecule has 1 amide bonds. The molecule has 0 aliphatic carbocycles. The summed E-state index contributed by atoms with van der Waals surface area (Å²) < 4.78 is 5.01. The summed E-state index contributed by atoms with van der Waals surface area (Å²) in [5, 5.41) is 11.7. The minimum atomic E-state index is -0.762. The van der Waals surface area contributed by atoms with Crippen LogP contribution in [0.3, 0.4) is 0 Å². The zero-order valence-corrected chi connectivity index (χ0v) is 14.1. The van der Waals surface area contributed by atoms with Crippen molar-refractivity contribution in [1.82, 2.24) is 5.32 Å². The maximum absolute atomic E-state index is 11.8. The lowest BCUT2D eigenvalue weighted by Crippen LogP contribution is -2.31. The lowest BCUT2D eigenvalue weighted by molar-refractivity contribution is -0.137. The first-order valence-electron chi connectivity index (χ1n) is 7.64. The van der Waals surface area contributed by atoms with Gasteiger partial charge in [0.1, 0.15) is 0 Å². The molecule has 5 heteroatoms. The van der Waals surface area contributed by atoms with Gasteiger partial charge in [0.25, 0.3) is 0 Å². The first-order valence-corrected chi connectivity index (χ1v) is 7.64. The van der Waals surface area contributed by atoms with Crippen LogP contribution in [0.1, 0.15) is 53.4 Å². The minimum Gasteiger partial charge on any atom is -0.481 e. The van der Waals surface area contributed by atoms with Crippen molar-refractivity contribution in [3.05, 3.63) is 0 Å². The van der Waals surface area contributed by atoms with Crippen molar-refractivity contribution in [2.45, 2.75) is 53.4 Å². The molecular weight excluding hydrogens is 270 g/mol. The number of ether oxygens (including phenoxy) is 1. The van der Waals surface area contributed by atoms with E-state index in [4.69, 9.17) is 9.84 Å². The van der Waals surface area contributed by atoms with E-state index < -0.39 is 5.97 Å². The third kappa shape index (κ3) is 10.3. The Morgan fingerprint density at radius 2 is 1.86 bits per heavy atom. The Morgan fingerprint density at radius 3 is 2.33 bits per heavy atom. The van der Waals surface area contributed by atoms with Crippen LogP contribution in [0, 0.1) is 17.3 Å². The quantitative estimate of drug-likeness (QED) is 0.650. The van der Waals surface area contributed by atoms with Crippen LogP contribution in [-0.2, 0) is 14.3 Å². The second kappa shape index (κ2) is 9.77. The SMILES string of the molecule is COCC(C)CC(=O)NCCC(CCC(=O)O)C(C)(C)C. The molecule has 5 nitrogen and oxygen atoms in total. The first-order chi connectivity index (χ1) is 9.66. The number of hydrogen-bond donors (Lipinski definition) is 2. The van der Waals surface area contributed by atoms with Gasteiger partial charge in [-0.15, -0.1) is 0 Å². The molecule has 2 N–H and O–H groups in total. The van der Waals surface area contributed by atoms with E-state index in [1.165, 1.54) is 0 Å². The predicted molar refractivity (Wildman–Crippen MR) is 83.1 cm³/mol. The number of nitrogens with one attached hydrogen (secondary N) is 1. The average Bonchev–Trinajstić information content (AvgIpc) is 2.31. The number of carbonyl (C=O) groups is 2. The van der Waals surface area contributed by atoms with E-state index >= 15 is 0 Å². The van der Waals surface area contributed by atoms with Gasteiger partial charge in [-0.05, 0) is 30.1 Å². The van der Waals surface area contributed by atoms with E-state index in [0.29, 0.717) is 26.0 Å². The van der Waals surface area contributed by atoms with Gasteiger partial charge in [0.15, 0.2) is 0 Å². The molecule has 0 fully saturated rings. The highest BCUT2D eigenvalue weighted by Crippen LogP contribution is 2.32. The molecule has 0 aromatic heterocycles. The summed E-state index contributed by atoms with van der Waals surface area (Å²) in [5.41, 5.74) is 0.0452. The molecular formula is C16H31NO4. The number of carbonyl (C=O) groups excluding carboxylic acids is 1. The van der Waals surface area contributed by atoms with Gasteiger partial charge in [0.05, 0.1) is 0 Å². The van der Waals surface area contributed by atoms with Crippen LogP contribution >= 0.6 is 0 Å². The number of hydrogen-bond acceptors (Lipinski definition) is 3. The van der Waals surface area contributed by atoms with Gasteiger partial charge >= 0.3 is 5.97 Å². The zero-order valence-electron chi connectivity index (χ0n) is 14.1. The van der Waals surface area contributed by atoms with E-state index in [1.807, 2.05) is 6.92 Å². The monoisotopic (exact) mass is 301 g/mol. The van der Waals surface area contributed by atoms with Crippen molar-refractivity contribution in [3.63, 3.8) is 0 Å². The second-order valence-corrected chi connectivity index (χ2v) is 6.90. The van der Waals surface area contributed by atoms with Crippen LogP contribution < -0.4 is 5.32 Å². The number of methoxy groups -OCH3 is 1. The highest BCUT2D eigenvalue weighted by Gasteiger charge is 2.24. The molecule has 0 aromatic carbocycles. The molecule has 124 valence electrons. The fourth-order valence-corrected chi connectivity index (χ4v) is 2.43. The Labute approximate surface area is 128 Å². The number of carboxylic acids is 1. The van der Waals surface area contributed by atoms with Crippen LogP contribution in [-0.4, -0.2) is 37.2 Å². The van der Waals surface area contributed by atoms with Gasteiger partial charge in [-0.25, -0.2) is 0 Å². The van der Waals surface area contributed by atoms with Crippen LogP contribution in [0.4, 0.5) is 0 Å². The van der Waals surface area contributed by atoms with Gasteiger partial charge < -0.3 is 15.2 Å². The topological polar surface area (TPSA) is 75.6 Å². The highest BCUT2D eigenvalue weighted by molar-refractivity contribution is 5.76. The van der Waals surface area contributed by atoms with Gasteiger partial charge in [-0.3, -0.25) is 9.59 Å². The Hall–Kier alpha value is -1.10. The number of amides is 1. The van der Waals surface area contributed by atoms with Crippen molar-refractivity contribution in [3.8, 4) is 0 Å². The molecule has 0 heterocycles. The van der Waals surface area contributed by atoms with E-state index in [0.717, 1.165) is 6.42 Å². The second-order valence-electron chi connectivity index (χ2n) is 6.90. The summed E-state index contributed by atoms with van der Waals surface area (Å²) >= 11 is 0. The van der Waals surface area contributed by atoms with Crippen molar-refractivity contribution >= 4 is 11.9 Å². The van der Waals surface area contributed by atoms with E-state index in [2.05, 4.69) is 26.1 Å². The molecule has 0 aliphatic rings. The molecule has 0 rings (SSSR count). The summed E-state index contributed by atoms with van der Waals surface area (Å²) in [6.45, 7) is 9.50. The summed E-state index contributed by atoms with van der Waals surface area (Å²) in [6, 6.07) is 0. The predicted octanol–water partition coefficient (Wildman–Crippen LogP) is 2.69. The summed E-state index contributed by atoms with van der Waals surface area (Å²) in [5.74, 6) is -0.238. The third-order valence-electron chi connectivity index (χ3n) is 3.73. The van der Waals surface area contributed by atoms with Crippen LogP contribution in [0.25, 0.3) is 0 Å². The molecule has 2 unspecified atom stereocenters. The molecule has 0 spiro atoms. The van der Waals surface area contributed by atoms with Crippen molar-refractivity contribution in [2.75, 3.05) is 20.3 Å². The molecule has 0 saturated heterocycles. The average molecular weight is 301 g/mol. The fraction of sp³-hybridized carbons (Fsp3) is 0.875. The Bertz CT molecular complexity index is 323. The summed E-state index contributed by atoms with van der Waals surface area (Å²) in [6.07, 6.45) is 2.10. The van der Waals surface area contributed by atoms with Crippen LogP contribution in [0.5, 0.6) is 0 Å².